The molecule has 1 saturated heterocycles. The summed E-state index contributed by atoms with van der Waals surface area (Å²) in [5.74, 6) is -0.636. The van der Waals surface area contributed by atoms with Crippen LogP contribution in [0.5, 0.6) is 0 Å². The summed E-state index contributed by atoms with van der Waals surface area (Å²) in [5, 5.41) is 3.13. The Labute approximate surface area is 224 Å². The van der Waals surface area contributed by atoms with Crippen LogP contribution in [0.25, 0.3) is 10.1 Å². The van der Waals surface area contributed by atoms with E-state index in [4.69, 9.17) is 9.15 Å². The molecule has 1 fully saturated rings. The average molecular weight is 534 g/mol. The number of aryl methyl sites for hydroxylation is 1. The Bertz CT molecular complexity index is 1500. The second-order valence-electron chi connectivity index (χ2n) is 9.66. The molecule has 0 atom stereocenters. The molecular formula is C29H28FN3O4S. The van der Waals surface area contributed by atoms with Crippen molar-refractivity contribution in [2.75, 3.05) is 49.6 Å². The standard InChI is InChI=1S/C29H28FN3O4S/c1-36-29(35)23-7-14-37-28(23)33-24-16-19(2-3-20(24)4-5-27(33)34)6-9-31-10-12-32(13-11-31)25-17-21(30)18-26-22(25)8-15-38-26/h2-3,7-8,14-18H,4-6,9-13H2,1H3. The molecular weight excluding hydrogens is 505 g/mol. The smallest absolute Gasteiger partial charge is 0.343 e. The Kier molecular flexibility index (Phi) is 6.63. The van der Waals surface area contributed by atoms with E-state index >= 15 is 0 Å². The van der Waals surface area contributed by atoms with Gasteiger partial charge in [0.15, 0.2) is 0 Å². The molecule has 2 aromatic carbocycles. The predicted octanol–water partition coefficient (Wildman–Crippen LogP) is 5.40. The van der Waals surface area contributed by atoms with E-state index in [-0.39, 0.29) is 23.2 Å². The number of carbonyl (C=O) groups is 2. The van der Waals surface area contributed by atoms with Crippen LogP contribution in [0.15, 0.2) is 58.5 Å². The molecule has 2 aromatic heterocycles. The van der Waals surface area contributed by atoms with Gasteiger partial charge >= 0.3 is 5.97 Å². The maximum Gasteiger partial charge on any atom is 0.343 e. The largest absolute Gasteiger partial charge is 0.465 e. The van der Waals surface area contributed by atoms with Gasteiger partial charge in [0, 0.05) is 54.9 Å². The van der Waals surface area contributed by atoms with Gasteiger partial charge in [0.2, 0.25) is 11.8 Å². The number of halogens is 1. The van der Waals surface area contributed by atoms with Crippen molar-refractivity contribution >= 4 is 50.6 Å². The lowest BCUT2D eigenvalue weighted by atomic mass is 9.97. The Morgan fingerprint density at radius 2 is 1.89 bits per heavy atom. The number of furan rings is 1. The number of thiophene rings is 1. The summed E-state index contributed by atoms with van der Waals surface area (Å²) >= 11 is 1.57. The van der Waals surface area contributed by atoms with Crippen molar-refractivity contribution in [1.82, 2.24) is 4.90 Å². The highest BCUT2D eigenvalue weighted by Crippen LogP contribution is 2.38. The van der Waals surface area contributed by atoms with Crippen LogP contribution < -0.4 is 9.80 Å². The van der Waals surface area contributed by atoms with E-state index in [1.807, 2.05) is 11.4 Å². The fourth-order valence-electron chi connectivity index (χ4n) is 5.42. The molecule has 0 bridgehead atoms. The van der Waals surface area contributed by atoms with Crippen LogP contribution in [-0.2, 0) is 22.4 Å². The monoisotopic (exact) mass is 533 g/mol. The highest BCUT2D eigenvalue weighted by atomic mass is 32.1. The molecule has 4 heterocycles. The summed E-state index contributed by atoms with van der Waals surface area (Å²) in [6.07, 6.45) is 3.23. The van der Waals surface area contributed by atoms with E-state index in [2.05, 4.69) is 28.0 Å². The molecule has 9 heteroatoms. The summed E-state index contributed by atoms with van der Waals surface area (Å²) in [6.45, 7) is 4.36. The molecule has 6 rings (SSSR count). The van der Waals surface area contributed by atoms with Crippen molar-refractivity contribution in [1.29, 1.82) is 0 Å². The molecule has 38 heavy (non-hydrogen) atoms. The molecule has 0 spiro atoms. The second kappa shape index (κ2) is 10.2. The van der Waals surface area contributed by atoms with Gasteiger partial charge in [-0.2, -0.15) is 0 Å². The highest BCUT2D eigenvalue weighted by Gasteiger charge is 2.32. The number of fused-ring (bicyclic) bond motifs is 2. The number of hydrogen-bond acceptors (Lipinski definition) is 7. The Morgan fingerprint density at radius 3 is 2.71 bits per heavy atom. The minimum Gasteiger partial charge on any atom is -0.465 e. The number of ether oxygens (including phenoxy) is 1. The molecule has 4 aromatic rings. The lowest BCUT2D eigenvalue weighted by Crippen LogP contribution is -2.47. The van der Waals surface area contributed by atoms with Gasteiger partial charge in [-0.1, -0.05) is 12.1 Å². The third kappa shape index (κ3) is 4.56. The maximum absolute atomic E-state index is 14.2. The van der Waals surface area contributed by atoms with E-state index in [9.17, 15) is 14.0 Å². The van der Waals surface area contributed by atoms with E-state index in [0.29, 0.717) is 12.8 Å². The van der Waals surface area contributed by atoms with Gasteiger partial charge in [0.05, 0.1) is 19.1 Å². The third-order valence-electron chi connectivity index (χ3n) is 7.45. The van der Waals surface area contributed by atoms with Gasteiger partial charge in [-0.25, -0.2) is 14.1 Å². The Morgan fingerprint density at radius 1 is 1.05 bits per heavy atom. The number of esters is 1. The summed E-state index contributed by atoms with van der Waals surface area (Å²) < 4.78 is 25.6. The summed E-state index contributed by atoms with van der Waals surface area (Å²) in [7, 11) is 1.31. The van der Waals surface area contributed by atoms with Crippen LogP contribution in [0.1, 0.15) is 27.9 Å². The van der Waals surface area contributed by atoms with Gasteiger partial charge in [-0.15, -0.1) is 11.3 Å². The van der Waals surface area contributed by atoms with Crippen molar-refractivity contribution in [3.8, 4) is 0 Å². The van der Waals surface area contributed by atoms with E-state index in [1.165, 1.54) is 24.3 Å². The highest BCUT2D eigenvalue weighted by molar-refractivity contribution is 7.17. The third-order valence-corrected chi connectivity index (χ3v) is 8.31. The van der Waals surface area contributed by atoms with Crippen molar-refractivity contribution in [3.63, 3.8) is 0 Å². The molecule has 0 aliphatic carbocycles. The average Bonchev–Trinajstić information content (AvgIpc) is 3.61. The molecule has 7 nitrogen and oxygen atoms in total. The Balaban J connectivity index is 1.14. The fraction of sp³-hybridized carbons (Fsp3) is 0.310. The number of nitrogens with zero attached hydrogens (tertiary/aromatic N) is 3. The molecule has 1 amide bonds. The van der Waals surface area contributed by atoms with Crippen molar-refractivity contribution in [2.24, 2.45) is 0 Å². The van der Waals surface area contributed by atoms with Crippen LogP contribution in [-0.4, -0.2) is 56.6 Å². The minimum absolute atomic E-state index is 0.108. The quantitative estimate of drug-likeness (QED) is 0.310. The van der Waals surface area contributed by atoms with Crippen LogP contribution in [0.4, 0.5) is 21.6 Å². The predicted molar refractivity (Wildman–Crippen MR) is 146 cm³/mol. The lowest BCUT2D eigenvalue weighted by molar-refractivity contribution is -0.118. The zero-order chi connectivity index (χ0) is 26.2. The molecule has 0 unspecified atom stereocenters. The molecule has 0 N–H and O–H groups in total. The number of carbonyl (C=O) groups excluding carboxylic acids is 2. The van der Waals surface area contributed by atoms with Crippen LogP contribution in [0.3, 0.4) is 0 Å². The van der Waals surface area contributed by atoms with Crippen LogP contribution in [0, 0.1) is 5.82 Å². The SMILES string of the molecule is COC(=O)c1ccoc1N1C(=O)CCc2ccc(CCN3CCN(c4cc(F)cc5sccc45)CC3)cc21. The first-order valence-corrected chi connectivity index (χ1v) is 13.6. The van der Waals surface area contributed by atoms with Crippen molar-refractivity contribution in [2.45, 2.75) is 19.3 Å². The first-order valence-electron chi connectivity index (χ1n) is 12.8. The van der Waals surface area contributed by atoms with Gasteiger partial charge in [-0.05, 0) is 59.7 Å². The van der Waals surface area contributed by atoms with Gasteiger partial charge in [0.25, 0.3) is 0 Å². The van der Waals surface area contributed by atoms with Gasteiger partial charge < -0.3 is 14.1 Å². The molecule has 2 aliphatic rings. The van der Waals surface area contributed by atoms with Gasteiger partial charge in [-0.3, -0.25) is 9.69 Å². The molecule has 0 saturated carbocycles. The summed E-state index contributed by atoms with van der Waals surface area (Å²) in [6, 6.07) is 13.1. The van der Waals surface area contributed by atoms with Crippen LogP contribution >= 0.6 is 11.3 Å². The van der Waals surface area contributed by atoms with Crippen LogP contribution in [0.2, 0.25) is 0 Å². The number of piperazine rings is 1. The van der Waals surface area contributed by atoms with E-state index < -0.39 is 5.97 Å². The maximum atomic E-state index is 14.2. The fourth-order valence-corrected chi connectivity index (χ4v) is 6.25. The topological polar surface area (TPSA) is 66.2 Å². The normalized spacial score (nSPS) is 16.2. The lowest BCUT2D eigenvalue weighted by Gasteiger charge is -2.36. The summed E-state index contributed by atoms with van der Waals surface area (Å²) in [5.41, 5.74) is 4.13. The Hall–Kier alpha value is -3.69. The first kappa shape index (κ1) is 24.6. The molecule has 196 valence electrons. The summed E-state index contributed by atoms with van der Waals surface area (Å²) in [4.78, 5) is 31.4. The number of methoxy groups -OCH3 is 1. The minimum atomic E-state index is -0.540. The first-order chi connectivity index (χ1) is 18.5. The second-order valence-corrected chi connectivity index (χ2v) is 10.6. The number of hydrogen-bond donors (Lipinski definition) is 0. The molecule has 0 radical (unpaired) electrons. The number of rotatable bonds is 6. The van der Waals surface area contributed by atoms with E-state index in [1.54, 1.807) is 23.5 Å². The van der Waals surface area contributed by atoms with Crippen molar-refractivity contribution < 1.29 is 23.1 Å². The van der Waals surface area contributed by atoms with Gasteiger partial charge in [0.1, 0.15) is 11.4 Å². The zero-order valence-corrected chi connectivity index (χ0v) is 21.9. The molecule has 2 aliphatic heterocycles. The number of benzene rings is 2. The van der Waals surface area contributed by atoms with Crippen molar-refractivity contribution in [3.05, 3.63) is 76.6 Å². The number of anilines is 3. The number of amides is 1. The van der Waals surface area contributed by atoms with E-state index in [0.717, 1.165) is 71.7 Å². The zero-order valence-electron chi connectivity index (χ0n) is 21.1.